The van der Waals surface area contributed by atoms with Crippen molar-refractivity contribution in [3.05, 3.63) is 48.0 Å². The van der Waals surface area contributed by atoms with Gasteiger partial charge in [0.2, 0.25) is 16.8 Å². The SMILES string of the molecule is O=S(=O)(c1ccc(NC(=S)NCc2ccc3c(c2)OCO3)cc1)N1CCCC1. The van der Waals surface area contributed by atoms with Crippen LogP contribution in [0, 0.1) is 0 Å². The van der Waals surface area contributed by atoms with E-state index in [9.17, 15) is 8.42 Å². The van der Waals surface area contributed by atoms with Crippen molar-refractivity contribution in [1.82, 2.24) is 9.62 Å². The second-order valence-electron chi connectivity index (χ2n) is 6.63. The van der Waals surface area contributed by atoms with Crippen molar-refractivity contribution < 1.29 is 17.9 Å². The Morgan fingerprint density at radius 1 is 1.04 bits per heavy atom. The Balaban J connectivity index is 1.33. The topological polar surface area (TPSA) is 79.9 Å². The molecule has 4 rings (SSSR count). The normalized spacial score (nSPS) is 16.1. The quantitative estimate of drug-likeness (QED) is 0.722. The molecule has 2 aromatic carbocycles. The van der Waals surface area contributed by atoms with Crippen LogP contribution in [-0.4, -0.2) is 37.7 Å². The zero-order valence-electron chi connectivity index (χ0n) is 15.2. The van der Waals surface area contributed by atoms with Gasteiger partial charge in [-0.05, 0) is 67.0 Å². The number of benzene rings is 2. The first-order valence-electron chi connectivity index (χ1n) is 9.06. The maximum Gasteiger partial charge on any atom is 0.243 e. The van der Waals surface area contributed by atoms with E-state index < -0.39 is 10.0 Å². The van der Waals surface area contributed by atoms with Gasteiger partial charge in [0.25, 0.3) is 0 Å². The number of nitrogens with one attached hydrogen (secondary N) is 2. The number of sulfonamides is 1. The molecule has 2 N–H and O–H groups in total. The third-order valence-corrected chi connectivity index (χ3v) is 6.86. The van der Waals surface area contributed by atoms with Crippen molar-refractivity contribution in [2.75, 3.05) is 25.2 Å². The van der Waals surface area contributed by atoms with E-state index in [0.29, 0.717) is 29.6 Å². The van der Waals surface area contributed by atoms with Gasteiger partial charge in [-0.25, -0.2) is 8.42 Å². The van der Waals surface area contributed by atoms with Gasteiger partial charge in [-0.1, -0.05) is 6.07 Å². The Hall–Kier alpha value is -2.36. The van der Waals surface area contributed by atoms with E-state index >= 15 is 0 Å². The van der Waals surface area contributed by atoms with Crippen LogP contribution in [0.4, 0.5) is 5.69 Å². The van der Waals surface area contributed by atoms with Gasteiger partial charge in [0.15, 0.2) is 16.6 Å². The van der Waals surface area contributed by atoms with E-state index in [-0.39, 0.29) is 6.79 Å². The summed E-state index contributed by atoms with van der Waals surface area (Å²) in [5.41, 5.74) is 1.74. The minimum Gasteiger partial charge on any atom is -0.454 e. The molecular formula is C19H21N3O4S2. The maximum atomic E-state index is 12.6. The van der Waals surface area contributed by atoms with Gasteiger partial charge < -0.3 is 20.1 Å². The van der Waals surface area contributed by atoms with Crippen molar-refractivity contribution in [3.8, 4) is 11.5 Å². The lowest BCUT2D eigenvalue weighted by atomic mass is 10.2. The lowest BCUT2D eigenvalue weighted by Crippen LogP contribution is -2.28. The minimum absolute atomic E-state index is 0.246. The molecule has 2 aliphatic heterocycles. The van der Waals surface area contributed by atoms with Crippen LogP contribution in [0.3, 0.4) is 0 Å². The number of anilines is 1. The van der Waals surface area contributed by atoms with Gasteiger partial charge in [-0.2, -0.15) is 4.31 Å². The third kappa shape index (κ3) is 4.06. The summed E-state index contributed by atoms with van der Waals surface area (Å²) in [6.07, 6.45) is 1.84. The lowest BCUT2D eigenvalue weighted by molar-refractivity contribution is 0.174. The van der Waals surface area contributed by atoms with E-state index in [1.807, 2.05) is 18.2 Å². The fourth-order valence-electron chi connectivity index (χ4n) is 3.20. The second-order valence-corrected chi connectivity index (χ2v) is 8.98. The van der Waals surface area contributed by atoms with Crippen LogP contribution in [-0.2, 0) is 16.6 Å². The van der Waals surface area contributed by atoms with Crippen LogP contribution >= 0.6 is 12.2 Å². The van der Waals surface area contributed by atoms with E-state index in [2.05, 4.69) is 10.6 Å². The molecule has 0 atom stereocenters. The molecule has 0 radical (unpaired) electrons. The van der Waals surface area contributed by atoms with Crippen LogP contribution in [0.2, 0.25) is 0 Å². The van der Waals surface area contributed by atoms with E-state index in [4.69, 9.17) is 21.7 Å². The molecule has 0 saturated carbocycles. The molecule has 1 fully saturated rings. The maximum absolute atomic E-state index is 12.6. The molecule has 2 aliphatic rings. The summed E-state index contributed by atoms with van der Waals surface area (Å²) in [6, 6.07) is 12.4. The number of ether oxygens (including phenoxy) is 2. The summed E-state index contributed by atoms with van der Waals surface area (Å²) in [4.78, 5) is 0.305. The van der Waals surface area contributed by atoms with Crippen LogP contribution in [0.15, 0.2) is 47.4 Å². The highest BCUT2D eigenvalue weighted by atomic mass is 32.2. The minimum atomic E-state index is -3.40. The molecule has 1 saturated heterocycles. The van der Waals surface area contributed by atoms with Crippen LogP contribution in [0.25, 0.3) is 0 Å². The molecule has 0 unspecified atom stereocenters. The highest BCUT2D eigenvalue weighted by Gasteiger charge is 2.26. The first-order chi connectivity index (χ1) is 13.5. The second kappa shape index (κ2) is 7.94. The fourth-order valence-corrected chi connectivity index (χ4v) is 4.90. The molecule has 2 aromatic rings. The van der Waals surface area contributed by atoms with Crippen LogP contribution in [0.1, 0.15) is 18.4 Å². The third-order valence-electron chi connectivity index (χ3n) is 4.71. The number of fused-ring (bicyclic) bond motifs is 1. The highest BCUT2D eigenvalue weighted by molar-refractivity contribution is 7.89. The van der Waals surface area contributed by atoms with Gasteiger partial charge in [0, 0.05) is 25.3 Å². The zero-order chi connectivity index (χ0) is 19.6. The van der Waals surface area contributed by atoms with Gasteiger partial charge in [0.05, 0.1) is 4.90 Å². The molecule has 0 bridgehead atoms. The van der Waals surface area contributed by atoms with Crippen molar-refractivity contribution in [2.45, 2.75) is 24.3 Å². The van der Waals surface area contributed by atoms with Gasteiger partial charge in [-0.15, -0.1) is 0 Å². The first-order valence-corrected chi connectivity index (χ1v) is 10.9. The van der Waals surface area contributed by atoms with E-state index in [1.54, 1.807) is 24.3 Å². The van der Waals surface area contributed by atoms with E-state index in [0.717, 1.165) is 35.6 Å². The molecule has 148 valence electrons. The summed E-state index contributed by atoms with van der Waals surface area (Å²) in [5.74, 6) is 1.47. The molecule has 0 aliphatic carbocycles. The van der Waals surface area contributed by atoms with Crippen molar-refractivity contribution >= 4 is 33.0 Å². The Bertz CT molecular complexity index is 971. The number of nitrogens with zero attached hydrogens (tertiary/aromatic N) is 1. The van der Waals surface area contributed by atoms with Gasteiger partial charge >= 0.3 is 0 Å². The molecule has 9 heteroatoms. The molecule has 28 heavy (non-hydrogen) atoms. The monoisotopic (exact) mass is 419 g/mol. The molecule has 2 heterocycles. The molecular weight excluding hydrogens is 398 g/mol. The average Bonchev–Trinajstić information content (AvgIpc) is 3.38. The zero-order valence-corrected chi connectivity index (χ0v) is 16.8. The van der Waals surface area contributed by atoms with Crippen LogP contribution < -0.4 is 20.1 Å². The standard InChI is InChI=1S/C19H21N3O4S2/c23-28(24,22-9-1-2-10-22)16-6-4-15(5-7-16)21-19(27)20-12-14-3-8-17-18(11-14)26-13-25-17/h3-8,11H,1-2,9-10,12-13H2,(H2,20,21,27). The number of thiocarbonyl (C=S) groups is 1. The summed E-state index contributed by atoms with van der Waals surface area (Å²) >= 11 is 5.32. The lowest BCUT2D eigenvalue weighted by Gasteiger charge is -2.16. The Morgan fingerprint density at radius 2 is 1.75 bits per heavy atom. The van der Waals surface area contributed by atoms with Crippen LogP contribution in [0.5, 0.6) is 11.5 Å². The first kappa shape index (κ1) is 19.0. The number of hydrogen-bond donors (Lipinski definition) is 2. The van der Waals surface area contributed by atoms with Gasteiger partial charge in [-0.3, -0.25) is 0 Å². The number of rotatable bonds is 5. The summed E-state index contributed by atoms with van der Waals surface area (Å²) in [7, 11) is -3.40. The Labute approximate surface area is 169 Å². The molecule has 0 aromatic heterocycles. The van der Waals surface area contributed by atoms with E-state index in [1.165, 1.54) is 4.31 Å². The average molecular weight is 420 g/mol. The fraction of sp³-hybridized carbons (Fsp3) is 0.316. The summed E-state index contributed by atoms with van der Waals surface area (Å²) < 4.78 is 37.3. The Kier molecular flexibility index (Phi) is 5.38. The predicted molar refractivity (Wildman–Crippen MR) is 110 cm³/mol. The predicted octanol–water partition coefficient (Wildman–Crippen LogP) is 2.69. The molecule has 7 nitrogen and oxygen atoms in total. The highest BCUT2D eigenvalue weighted by Crippen LogP contribution is 2.32. The largest absolute Gasteiger partial charge is 0.454 e. The Morgan fingerprint density at radius 3 is 2.50 bits per heavy atom. The summed E-state index contributed by atoms with van der Waals surface area (Å²) in [5, 5.41) is 6.65. The van der Waals surface area contributed by atoms with Crippen molar-refractivity contribution in [3.63, 3.8) is 0 Å². The molecule has 0 amide bonds. The van der Waals surface area contributed by atoms with Crippen molar-refractivity contribution in [1.29, 1.82) is 0 Å². The molecule has 0 spiro atoms. The smallest absolute Gasteiger partial charge is 0.243 e. The van der Waals surface area contributed by atoms with Gasteiger partial charge in [0.1, 0.15) is 0 Å². The number of hydrogen-bond acceptors (Lipinski definition) is 5. The summed E-state index contributed by atoms with van der Waals surface area (Å²) in [6.45, 7) is 1.96. The van der Waals surface area contributed by atoms with Crippen molar-refractivity contribution in [2.24, 2.45) is 0 Å².